The molecule has 2 heterocycles. The molecule has 0 unspecified atom stereocenters. The van der Waals surface area contributed by atoms with Crippen LogP contribution >= 0.6 is 0 Å². The molecule has 2 fully saturated rings. The van der Waals surface area contributed by atoms with Crippen molar-refractivity contribution in [1.82, 2.24) is 9.80 Å². The number of hydrogen-bond donors (Lipinski definition) is 2. The van der Waals surface area contributed by atoms with Gasteiger partial charge in [-0.25, -0.2) is 0 Å². The first-order valence-electron chi connectivity index (χ1n) is 17.8. The lowest BCUT2D eigenvalue weighted by molar-refractivity contribution is 0.0449. The summed E-state index contributed by atoms with van der Waals surface area (Å²) >= 11 is 0. The first kappa shape index (κ1) is 34.7. The summed E-state index contributed by atoms with van der Waals surface area (Å²) in [7, 11) is 0. The molecule has 0 bridgehead atoms. The second-order valence-electron chi connectivity index (χ2n) is 13.3. The summed E-state index contributed by atoms with van der Waals surface area (Å²) in [4.78, 5) is 5.16. The maximum absolute atomic E-state index is 11.8. The van der Waals surface area contributed by atoms with E-state index in [1.807, 2.05) is 48.5 Å². The van der Waals surface area contributed by atoms with Crippen LogP contribution in [0.25, 0.3) is 0 Å². The summed E-state index contributed by atoms with van der Waals surface area (Å²) in [6.45, 7) is 11.9. The number of ether oxygens (including phenoxy) is 2. The molecule has 2 N–H and O–H groups in total. The van der Waals surface area contributed by atoms with Gasteiger partial charge in [0.1, 0.15) is 11.5 Å². The van der Waals surface area contributed by atoms with Crippen LogP contribution < -0.4 is 9.47 Å². The number of rotatable bonds is 17. The number of aliphatic hydroxyl groups is 2. The third kappa shape index (κ3) is 11.3. The van der Waals surface area contributed by atoms with E-state index in [-0.39, 0.29) is 11.8 Å². The van der Waals surface area contributed by atoms with Gasteiger partial charge in [-0.05, 0) is 113 Å². The monoisotopic (exact) mass is 608 g/mol. The fourth-order valence-electron chi connectivity index (χ4n) is 6.93. The fraction of sp³-hybridized carbons (Fsp3) is 0.684. The Bertz CT molecular complexity index is 931. The molecule has 2 aliphatic heterocycles. The summed E-state index contributed by atoms with van der Waals surface area (Å²) in [6.07, 6.45) is 12.7. The predicted molar refractivity (Wildman–Crippen MR) is 180 cm³/mol. The van der Waals surface area contributed by atoms with E-state index in [2.05, 4.69) is 23.6 Å². The first-order valence-corrected chi connectivity index (χ1v) is 17.8. The predicted octanol–water partition coefficient (Wildman–Crippen LogP) is 7.80. The van der Waals surface area contributed by atoms with Crippen molar-refractivity contribution in [3.05, 3.63) is 59.7 Å². The summed E-state index contributed by atoms with van der Waals surface area (Å²) in [6, 6.07) is 16.1. The minimum absolute atomic E-state index is 0.0964. The Morgan fingerprint density at radius 1 is 0.545 bits per heavy atom. The highest BCUT2D eigenvalue weighted by molar-refractivity contribution is 5.30. The van der Waals surface area contributed by atoms with Gasteiger partial charge in [-0.3, -0.25) is 0 Å². The molecule has 2 saturated heterocycles. The van der Waals surface area contributed by atoms with Crippen LogP contribution in [0.15, 0.2) is 48.5 Å². The largest absolute Gasteiger partial charge is 0.494 e. The molecule has 4 rings (SSSR count). The van der Waals surface area contributed by atoms with E-state index >= 15 is 0 Å². The number of benzene rings is 2. The molecule has 0 aliphatic carbocycles. The molecular formula is C38H60N2O4. The zero-order chi connectivity index (χ0) is 31.0. The summed E-state index contributed by atoms with van der Waals surface area (Å²) in [5.74, 6) is 1.91. The number of aliphatic hydroxyl groups excluding tert-OH is 2. The van der Waals surface area contributed by atoms with E-state index in [1.54, 1.807) is 0 Å². The second kappa shape index (κ2) is 19.4. The van der Waals surface area contributed by atoms with E-state index in [0.717, 1.165) is 87.6 Å². The molecule has 2 aliphatic rings. The molecule has 0 aromatic heterocycles. The quantitative estimate of drug-likeness (QED) is 0.191. The molecule has 246 valence electrons. The lowest BCUT2D eigenvalue weighted by Crippen LogP contribution is -2.36. The Morgan fingerprint density at radius 3 is 1.20 bits per heavy atom. The molecule has 2 aromatic carbocycles. The molecule has 0 spiro atoms. The van der Waals surface area contributed by atoms with Gasteiger partial charge >= 0.3 is 0 Å². The van der Waals surface area contributed by atoms with Crippen molar-refractivity contribution in [2.75, 3.05) is 52.5 Å². The van der Waals surface area contributed by atoms with Gasteiger partial charge in [0.25, 0.3) is 0 Å². The van der Waals surface area contributed by atoms with Crippen molar-refractivity contribution in [2.45, 2.75) is 103 Å². The standard InChI is InChI=1S/C38H60N2O4/c1-3-27-43-35-19-15-31(16-20-35)37(41)33(29-39-23-9-5-6-10-24-39)13-14-34(30-40-25-11-7-8-12-26-40)38(42)32-17-21-36(22-18-32)44-28-4-2/h15-22,33-34,37-38,41-42H,3-14,23-30H2,1-2H3/t33-,34+,37-,38-/m1/s1. The maximum atomic E-state index is 11.8. The highest BCUT2D eigenvalue weighted by Gasteiger charge is 2.29. The van der Waals surface area contributed by atoms with E-state index in [0.29, 0.717) is 13.2 Å². The molecule has 4 atom stereocenters. The Balaban J connectivity index is 1.51. The number of nitrogens with zero attached hydrogens (tertiary/aromatic N) is 2. The Kier molecular flexibility index (Phi) is 15.3. The first-order chi connectivity index (χ1) is 21.6. The SMILES string of the molecule is CCCOc1ccc([C@@H](O)[C@H](CC[C@@H](CN2CCCCCC2)[C@H](O)c2ccc(OCCC)cc2)CN2CCCCCC2)cc1. The number of hydrogen-bond acceptors (Lipinski definition) is 6. The van der Waals surface area contributed by atoms with E-state index in [4.69, 9.17) is 9.47 Å². The van der Waals surface area contributed by atoms with Crippen molar-refractivity contribution in [3.63, 3.8) is 0 Å². The van der Waals surface area contributed by atoms with Crippen molar-refractivity contribution >= 4 is 0 Å². The van der Waals surface area contributed by atoms with Crippen LogP contribution in [0, 0.1) is 11.8 Å². The van der Waals surface area contributed by atoms with Gasteiger partial charge in [-0.15, -0.1) is 0 Å². The molecule has 0 amide bonds. The summed E-state index contributed by atoms with van der Waals surface area (Å²) in [5.41, 5.74) is 1.92. The summed E-state index contributed by atoms with van der Waals surface area (Å²) in [5, 5.41) is 23.6. The molecule has 44 heavy (non-hydrogen) atoms. The average molecular weight is 609 g/mol. The van der Waals surface area contributed by atoms with Gasteiger partial charge in [0.05, 0.1) is 25.4 Å². The highest BCUT2D eigenvalue weighted by Crippen LogP contribution is 2.34. The lowest BCUT2D eigenvalue weighted by Gasteiger charge is -2.34. The van der Waals surface area contributed by atoms with Crippen molar-refractivity contribution < 1.29 is 19.7 Å². The molecule has 2 aromatic rings. The van der Waals surface area contributed by atoms with Gasteiger partial charge in [-0.1, -0.05) is 63.8 Å². The topological polar surface area (TPSA) is 65.4 Å². The Labute approximate surface area is 267 Å². The zero-order valence-corrected chi connectivity index (χ0v) is 27.7. The van der Waals surface area contributed by atoms with Crippen molar-refractivity contribution in [1.29, 1.82) is 0 Å². The molecular weight excluding hydrogens is 548 g/mol. The van der Waals surface area contributed by atoms with E-state index in [1.165, 1.54) is 51.4 Å². The minimum atomic E-state index is -0.551. The molecule has 0 saturated carbocycles. The van der Waals surface area contributed by atoms with Gasteiger partial charge in [0.2, 0.25) is 0 Å². The second-order valence-corrected chi connectivity index (χ2v) is 13.3. The van der Waals surface area contributed by atoms with Crippen LogP contribution in [0.1, 0.15) is 114 Å². The van der Waals surface area contributed by atoms with Gasteiger partial charge in [0.15, 0.2) is 0 Å². The van der Waals surface area contributed by atoms with Crippen LogP contribution in [0.2, 0.25) is 0 Å². The smallest absolute Gasteiger partial charge is 0.119 e. The van der Waals surface area contributed by atoms with E-state index in [9.17, 15) is 10.2 Å². The van der Waals surface area contributed by atoms with Gasteiger partial charge < -0.3 is 29.5 Å². The zero-order valence-electron chi connectivity index (χ0n) is 27.7. The van der Waals surface area contributed by atoms with Crippen LogP contribution in [-0.2, 0) is 0 Å². The Hall–Kier alpha value is -2.12. The lowest BCUT2D eigenvalue weighted by atomic mass is 9.84. The minimum Gasteiger partial charge on any atom is -0.494 e. The number of likely N-dealkylation sites (tertiary alicyclic amines) is 2. The Morgan fingerprint density at radius 2 is 0.886 bits per heavy atom. The van der Waals surface area contributed by atoms with Crippen LogP contribution in [0.3, 0.4) is 0 Å². The molecule has 0 radical (unpaired) electrons. The molecule has 6 heteroatoms. The van der Waals surface area contributed by atoms with Crippen LogP contribution in [0.5, 0.6) is 11.5 Å². The average Bonchev–Trinajstić information content (AvgIpc) is 3.49. The van der Waals surface area contributed by atoms with Gasteiger partial charge in [0, 0.05) is 24.9 Å². The normalized spacial score (nSPS) is 19.8. The van der Waals surface area contributed by atoms with Gasteiger partial charge in [-0.2, -0.15) is 0 Å². The van der Waals surface area contributed by atoms with Crippen LogP contribution in [-0.4, -0.2) is 72.5 Å². The fourth-order valence-corrected chi connectivity index (χ4v) is 6.93. The van der Waals surface area contributed by atoms with Crippen molar-refractivity contribution in [3.8, 4) is 11.5 Å². The molecule has 6 nitrogen and oxygen atoms in total. The van der Waals surface area contributed by atoms with Crippen LogP contribution in [0.4, 0.5) is 0 Å². The summed E-state index contributed by atoms with van der Waals surface area (Å²) < 4.78 is 11.6. The maximum Gasteiger partial charge on any atom is 0.119 e. The highest BCUT2D eigenvalue weighted by atomic mass is 16.5. The third-order valence-electron chi connectivity index (χ3n) is 9.57. The van der Waals surface area contributed by atoms with E-state index < -0.39 is 12.2 Å². The third-order valence-corrected chi connectivity index (χ3v) is 9.57. The van der Waals surface area contributed by atoms with Crippen molar-refractivity contribution in [2.24, 2.45) is 11.8 Å².